The third kappa shape index (κ3) is 3.69. The molecule has 1 aromatic rings. The molecule has 0 spiro atoms. The van der Waals surface area contributed by atoms with E-state index < -0.39 is 5.82 Å². The largest absolute Gasteiger partial charge is 0.392 e. The van der Waals surface area contributed by atoms with Gasteiger partial charge in [0.15, 0.2) is 0 Å². The van der Waals surface area contributed by atoms with Gasteiger partial charge in [0, 0.05) is 0 Å². The van der Waals surface area contributed by atoms with E-state index in [1.807, 2.05) is 0 Å². The van der Waals surface area contributed by atoms with Crippen molar-refractivity contribution < 1.29 is 9.50 Å². The Morgan fingerprint density at radius 3 is 2.50 bits per heavy atom. The Morgan fingerprint density at radius 2 is 1.89 bits per heavy atom. The Morgan fingerprint density at radius 1 is 1.22 bits per heavy atom. The maximum Gasteiger partial charge on any atom is 0.142 e. The maximum atomic E-state index is 13.3. The highest BCUT2D eigenvalue weighted by molar-refractivity contribution is 6.30. The first-order chi connectivity index (χ1) is 8.66. The molecule has 0 heterocycles. The van der Waals surface area contributed by atoms with Gasteiger partial charge in [-0.1, -0.05) is 43.4 Å². The van der Waals surface area contributed by atoms with Gasteiger partial charge in [0.25, 0.3) is 0 Å². The predicted octanol–water partition coefficient (Wildman–Crippen LogP) is 4.35. The van der Waals surface area contributed by atoms with Crippen LogP contribution in [0.3, 0.4) is 0 Å². The number of rotatable bonds is 3. The first-order valence-electron chi connectivity index (χ1n) is 6.79. The second kappa shape index (κ2) is 6.53. The molecule has 2 rings (SSSR count). The van der Waals surface area contributed by atoms with Gasteiger partial charge in [0.05, 0.1) is 11.1 Å². The quantitative estimate of drug-likeness (QED) is 0.810. The second-order valence-corrected chi connectivity index (χ2v) is 5.68. The third-order valence-electron chi connectivity index (χ3n) is 3.87. The van der Waals surface area contributed by atoms with Crippen molar-refractivity contribution >= 4 is 11.6 Å². The summed E-state index contributed by atoms with van der Waals surface area (Å²) in [4.78, 5) is 0. The van der Waals surface area contributed by atoms with Crippen LogP contribution in [-0.2, 0) is 6.42 Å². The van der Waals surface area contributed by atoms with Gasteiger partial charge in [0.1, 0.15) is 5.82 Å². The first-order valence-corrected chi connectivity index (χ1v) is 7.16. The molecule has 1 atom stereocenters. The average molecular weight is 271 g/mol. The summed E-state index contributed by atoms with van der Waals surface area (Å²) in [6.07, 6.45) is 7.32. The highest BCUT2D eigenvalue weighted by Crippen LogP contribution is 2.27. The third-order valence-corrected chi connectivity index (χ3v) is 4.18. The van der Waals surface area contributed by atoms with Gasteiger partial charge in [-0.05, 0) is 42.9 Å². The molecule has 1 unspecified atom stereocenters. The van der Waals surface area contributed by atoms with Gasteiger partial charge in [-0.3, -0.25) is 0 Å². The van der Waals surface area contributed by atoms with Crippen LogP contribution in [0.5, 0.6) is 0 Å². The molecule has 1 saturated carbocycles. The normalized spacial score (nSPS) is 19.5. The molecule has 18 heavy (non-hydrogen) atoms. The van der Waals surface area contributed by atoms with E-state index in [1.54, 1.807) is 12.1 Å². The minimum atomic E-state index is -0.401. The molecular formula is C15H20ClFO. The van der Waals surface area contributed by atoms with Gasteiger partial charge in [-0.25, -0.2) is 4.39 Å². The SMILES string of the molecule is OC(Cc1ccc(Cl)c(F)c1)C1CCCCCC1. The Balaban J connectivity index is 1.96. The fourth-order valence-corrected chi connectivity index (χ4v) is 2.89. The molecular weight excluding hydrogens is 251 g/mol. The van der Waals surface area contributed by atoms with E-state index in [0.717, 1.165) is 18.4 Å². The van der Waals surface area contributed by atoms with E-state index in [9.17, 15) is 9.50 Å². The first kappa shape index (κ1) is 13.8. The molecule has 0 saturated heterocycles. The average Bonchev–Trinajstić information content (AvgIpc) is 2.62. The van der Waals surface area contributed by atoms with Crippen LogP contribution >= 0.6 is 11.6 Å². The van der Waals surface area contributed by atoms with E-state index in [0.29, 0.717) is 12.3 Å². The lowest BCUT2D eigenvalue weighted by atomic mass is 9.90. The summed E-state index contributed by atoms with van der Waals surface area (Å²) < 4.78 is 13.3. The summed E-state index contributed by atoms with van der Waals surface area (Å²) in [6, 6.07) is 4.79. The van der Waals surface area contributed by atoms with Gasteiger partial charge in [0.2, 0.25) is 0 Å². The van der Waals surface area contributed by atoms with Crippen molar-refractivity contribution in [2.75, 3.05) is 0 Å². The highest BCUT2D eigenvalue weighted by Gasteiger charge is 2.21. The number of hydrogen-bond donors (Lipinski definition) is 1. The molecule has 0 radical (unpaired) electrons. The van der Waals surface area contributed by atoms with Gasteiger partial charge >= 0.3 is 0 Å². The van der Waals surface area contributed by atoms with Crippen molar-refractivity contribution in [2.24, 2.45) is 5.92 Å². The smallest absolute Gasteiger partial charge is 0.142 e. The van der Waals surface area contributed by atoms with E-state index >= 15 is 0 Å². The van der Waals surface area contributed by atoms with Crippen LogP contribution in [0.4, 0.5) is 4.39 Å². The summed E-state index contributed by atoms with van der Waals surface area (Å²) >= 11 is 5.65. The zero-order chi connectivity index (χ0) is 13.0. The van der Waals surface area contributed by atoms with E-state index in [4.69, 9.17) is 11.6 Å². The molecule has 1 nitrogen and oxygen atoms in total. The summed E-state index contributed by atoms with van der Waals surface area (Å²) in [5.74, 6) is -0.0338. The molecule has 1 N–H and O–H groups in total. The summed E-state index contributed by atoms with van der Waals surface area (Å²) in [6.45, 7) is 0. The van der Waals surface area contributed by atoms with Crippen LogP contribution < -0.4 is 0 Å². The Bertz CT molecular complexity index is 386. The second-order valence-electron chi connectivity index (χ2n) is 5.27. The monoisotopic (exact) mass is 270 g/mol. The van der Waals surface area contributed by atoms with Gasteiger partial charge in [-0.15, -0.1) is 0 Å². The van der Waals surface area contributed by atoms with Crippen LogP contribution in [0, 0.1) is 11.7 Å². The zero-order valence-corrected chi connectivity index (χ0v) is 11.3. The van der Waals surface area contributed by atoms with Crippen molar-refractivity contribution in [3.63, 3.8) is 0 Å². The summed E-state index contributed by atoms with van der Waals surface area (Å²) in [5, 5.41) is 10.4. The van der Waals surface area contributed by atoms with Crippen molar-refractivity contribution in [3.8, 4) is 0 Å². The Hall–Kier alpha value is -0.600. The maximum absolute atomic E-state index is 13.3. The molecule has 0 aromatic heterocycles. The lowest BCUT2D eigenvalue weighted by Crippen LogP contribution is -2.22. The molecule has 3 heteroatoms. The molecule has 0 amide bonds. The number of aliphatic hydroxyl groups is 1. The minimum Gasteiger partial charge on any atom is -0.392 e. The van der Waals surface area contributed by atoms with Crippen molar-refractivity contribution in [3.05, 3.63) is 34.6 Å². The topological polar surface area (TPSA) is 20.2 Å². The van der Waals surface area contributed by atoms with E-state index in [-0.39, 0.29) is 11.1 Å². The van der Waals surface area contributed by atoms with Crippen LogP contribution in [0.1, 0.15) is 44.1 Å². The lowest BCUT2D eigenvalue weighted by Gasteiger charge is -2.21. The summed E-state index contributed by atoms with van der Waals surface area (Å²) in [5.41, 5.74) is 0.827. The molecule has 0 aliphatic heterocycles. The Labute approximate surface area is 113 Å². The van der Waals surface area contributed by atoms with Crippen molar-refractivity contribution in [2.45, 2.75) is 51.0 Å². The van der Waals surface area contributed by atoms with Crippen LogP contribution in [0.2, 0.25) is 5.02 Å². The molecule has 100 valence electrons. The molecule has 1 aliphatic rings. The number of halogens is 2. The van der Waals surface area contributed by atoms with E-state index in [2.05, 4.69) is 0 Å². The summed E-state index contributed by atoms with van der Waals surface area (Å²) in [7, 11) is 0. The van der Waals surface area contributed by atoms with Crippen molar-refractivity contribution in [1.29, 1.82) is 0 Å². The molecule has 1 aromatic carbocycles. The molecule has 1 fully saturated rings. The fraction of sp³-hybridized carbons (Fsp3) is 0.600. The fourth-order valence-electron chi connectivity index (χ4n) is 2.77. The highest BCUT2D eigenvalue weighted by atomic mass is 35.5. The van der Waals surface area contributed by atoms with Crippen LogP contribution in [0.25, 0.3) is 0 Å². The van der Waals surface area contributed by atoms with Crippen LogP contribution in [0.15, 0.2) is 18.2 Å². The predicted molar refractivity (Wildman–Crippen MR) is 72.3 cm³/mol. The molecule has 1 aliphatic carbocycles. The Kier molecular flexibility index (Phi) is 5.02. The molecule has 0 bridgehead atoms. The minimum absolute atomic E-state index is 0.141. The standard InChI is InChI=1S/C15H20ClFO/c16-13-8-7-11(9-14(13)17)10-15(18)12-5-3-1-2-4-6-12/h7-9,12,15,18H,1-6,10H2. The lowest BCUT2D eigenvalue weighted by molar-refractivity contribution is 0.0985. The van der Waals surface area contributed by atoms with Gasteiger partial charge in [-0.2, -0.15) is 0 Å². The van der Waals surface area contributed by atoms with E-state index in [1.165, 1.54) is 31.7 Å². The number of benzene rings is 1. The number of hydrogen-bond acceptors (Lipinski definition) is 1. The van der Waals surface area contributed by atoms with Gasteiger partial charge < -0.3 is 5.11 Å². The van der Waals surface area contributed by atoms with Crippen LogP contribution in [-0.4, -0.2) is 11.2 Å². The number of aliphatic hydroxyl groups excluding tert-OH is 1. The zero-order valence-electron chi connectivity index (χ0n) is 10.5. The van der Waals surface area contributed by atoms with Crippen molar-refractivity contribution in [1.82, 2.24) is 0 Å².